The van der Waals surface area contributed by atoms with Crippen LogP contribution in [0.2, 0.25) is 0 Å². The highest BCUT2D eigenvalue weighted by Gasteiger charge is 2.49. The van der Waals surface area contributed by atoms with E-state index in [4.69, 9.17) is 5.73 Å². The number of pyridine rings is 1. The van der Waals surface area contributed by atoms with E-state index in [-0.39, 0.29) is 17.3 Å². The summed E-state index contributed by atoms with van der Waals surface area (Å²) in [6, 6.07) is 1.49. The summed E-state index contributed by atoms with van der Waals surface area (Å²) >= 11 is 0. The summed E-state index contributed by atoms with van der Waals surface area (Å²) in [6.07, 6.45) is 3.90. The highest BCUT2D eigenvalue weighted by molar-refractivity contribution is 5.21. The zero-order valence-electron chi connectivity index (χ0n) is 8.50. The molecule has 0 aliphatic heterocycles. The van der Waals surface area contributed by atoms with Gasteiger partial charge in [-0.25, -0.2) is 4.39 Å². The van der Waals surface area contributed by atoms with Crippen LogP contribution in [-0.4, -0.2) is 4.98 Å². The maximum Gasteiger partial charge on any atom is 0.146 e. The molecular weight excluding hydrogens is 179 g/mol. The molecule has 76 valence electrons. The van der Waals surface area contributed by atoms with Gasteiger partial charge >= 0.3 is 0 Å². The van der Waals surface area contributed by atoms with Gasteiger partial charge in [0.25, 0.3) is 0 Å². The molecule has 1 aliphatic carbocycles. The van der Waals surface area contributed by atoms with Crippen LogP contribution in [0, 0.1) is 17.2 Å². The highest BCUT2D eigenvalue weighted by atomic mass is 19.1. The number of rotatable bonds is 2. The van der Waals surface area contributed by atoms with Gasteiger partial charge in [-0.05, 0) is 23.8 Å². The Morgan fingerprint density at radius 2 is 2.29 bits per heavy atom. The Balaban J connectivity index is 2.21. The number of hydrogen-bond acceptors (Lipinski definition) is 2. The van der Waals surface area contributed by atoms with E-state index in [1.54, 1.807) is 12.3 Å². The SMILES string of the molecule is CC1(C)CC1C(N)c1ccncc1F. The molecule has 2 nitrogen and oxygen atoms in total. The highest BCUT2D eigenvalue weighted by Crippen LogP contribution is 2.57. The second-order valence-corrected chi connectivity index (χ2v) is 4.72. The molecule has 2 rings (SSSR count). The summed E-state index contributed by atoms with van der Waals surface area (Å²) in [5, 5.41) is 0. The molecule has 1 aromatic rings. The standard InChI is InChI=1S/C11H15FN2/c1-11(2)5-8(11)10(13)7-3-4-14-6-9(7)12/h3-4,6,8,10H,5,13H2,1-2H3. The van der Waals surface area contributed by atoms with Crippen molar-refractivity contribution in [2.24, 2.45) is 17.1 Å². The minimum Gasteiger partial charge on any atom is -0.324 e. The number of aromatic nitrogens is 1. The van der Waals surface area contributed by atoms with E-state index in [2.05, 4.69) is 18.8 Å². The summed E-state index contributed by atoms with van der Waals surface area (Å²) in [4.78, 5) is 3.71. The average Bonchev–Trinajstić information content (AvgIpc) is 2.75. The summed E-state index contributed by atoms with van der Waals surface area (Å²) in [6.45, 7) is 4.33. The van der Waals surface area contributed by atoms with E-state index in [1.807, 2.05) is 0 Å². The van der Waals surface area contributed by atoms with Crippen LogP contribution < -0.4 is 5.73 Å². The van der Waals surface area contributed by atoms with Crippen LogP contribution >= 0.6 is 0 Å². The third-order valence-corrected chi connectivity index (χ3v) is 3.19. The molecule has 1 saturated carbocycles. The molecule has 0 radical (unpaired) electrons. The number of nitrogens with zero attached hydrogens (tertiary/aromatic N) is 1. The van der Waals surface area contributed by atoms with Crippen LogP contribution in [0.4, 0.5) is 4.39 Å². The summed E-state index contributed by atoms with van der Waals surface area (Å²) < 4.78 is 13.3. The molecule has 0 aromatic carbocycles. The van der Waals surface area contributed by atoms with Crippen molar-refractivity contribution in [1.29, 1.82) is 0 Å². The van der Waals surface area contributed by atoms with E-state index in [0.717, 1.165) is 6.42 Å². The van der Waals surface area contributed by atoms with Gasteiger partial charge in [-0.1, -0.05) is 13.8 Å². The smallest absolute Gasteiger partial charge is 0.146 e. The Hall–Kier alpha value is -0.960. The van der Waals surface area contributed by atoms with Crippen LogP contribution in [0.25, 0.3) is 0 Å². The fourth-order valence-electron chi connectivity index (χ4n) is 1.99. The Kier molecular flexibility index (Phi) is 2.07. The number of halogens is 1. The third kappa shape index (κ3) is 1.52. The second kappa shape index (κ2) is 3.02. The normalized spacial score (nSPS) is 25.9. The van der Waals surface area contributed by atoms with Gasteiger partial charge in [-0.2, -0.15) is 0 Å². The van der Waals surface area contributed by atoms with E-state index in [9.17, 15) is 4.39 Å². The molecule has 0 amide bonds. The third-order valence-electron chi connectivity index (χ3n) is 3.19. The van der Waals surface area contributed by atoms with Crippen LogP contribution in [0.1, 0.15) is 31.9 Å². The van der Waals surface area contributed by atoms with Crippen LogP contribution in [0.3, 0.4) is 0 Å². The zero-order valence-corrected chi connectivity index (χ0v) is 8.50. The fraction of sp³-hybridized carbons (Fsp3) is 0.545. The molecule has 14 heavy (non-hydrogen) atoms. The minimum atomic E-state index is -0.289. The van der Waals surface area contributed by atoms with Gasteiger partial charge in [0.2, 0.25) is 0 Å². The topological polar surface area (TPSA) is 38.9 Å². The van der Waals surface area contributed by atoms with Crippen LogP contribution in [0.15, 0.2) is 18.5 Å². The van der Waals surface area contributed by atoms with Crippen LogP contribution in [0.5, 0.6) is 0 Å². The Bertz CT molecular complexity index is 349. The molecule has 1 aromatic heterocycles. The van der Waals surface area contributed by atoms with E-state index in [0.29, 0.717) is 11.5 Å². The summed E-state index contributed by atoms with van der Waals surface area (Å²) in [5.41, 5.74) is 6.88. The molecule has 1 heterocycles. The summed E-state index contributed by atoms with van der Waals surface area (Å²) in [5.74, 6) is 0.113. The molecule has 1 aliphatic rings. The lowest BCUT2D eigenvalue weighted by Crippen LogP contribution is -2.17. The quantitative estimate of drug-likeness (QED) is 0.784. The van der Waals surface area contributed by atoms with E-state index in [1.165, 1.54) is 6.20 Å². The van der Waals surface area contributed by atoms with Gasteiger partial charge in [0.15, 0.2) is 0 Å². The maximum atomic E-state index is 13.3. The monoisotopic (exact) mass is 194 g/mol. The molecule has 1 fully saturated rings. The molecule has 2 N–H and O–H groups in total. The second-order valence-electron chi connectivity index (χ2n) is 4.72. The van der Waals surface area contributed by atoms with Crippen molar-refractivity contribution in [3.8, 4) is 0 Å². The molecule has 0 spiro atoms. The molecule has 0 saturated heterocycles. The predicted molar refractivity (Wildman–Crippen MR) is 53.0 cm³/mol. The first-order valence-electron chi connectivity index (χ1n) is 4.87. The molecular formula is C11H15FN2. The van der Waals surface area contributed by atoms with Crippen molar-refractivity contribution in [2.45, 2.75) is 26.3 Å². The van der Waals surface area contributed by atoms with Crippen molar-refractivity contribution in [3.05, 3.63) is 29.8 Å². The van der Waals surface area contributed by atoms with Crippen molar-refractivity contribution in [2.75, 3.05) is 0 Å². The lowest BCUT2D eigenvalue weighted by molar-refractivity contribution is 0.472. The van der Waals surface area contributed by atoms with Gasteiger partial charge in [0.05, 0.1) is 6.20 Å². The van der Waals surface area contributed by atoms with E-state index < -0.39 is 0 Å². The molecule has 2 atom stereocenters. The van der Waals surface area contributed by atoms with Gasteiger partial charge in [0, 0.05) is 17.8 Å². The van der Waals surface area contributed by atoms with Gasteiger partial charge < -0.3 is 5.73 Å². The van der Waals surface area contributed by atoms with Crippen molar-refractivity contribution >= 4 is 0 Å². The van der Waals surface area contributed by atoms with Crippen molar-refractivity contribution < 1.29 is 4.39 Å². The number of hydrogen-bond donors (Lipinski definition) is 1. The van der Waals surface area contributed by atoms with Gasteiger partial charge in [-0.3, -0.25) is 4.98 Å². The predicted octanol–water partition coefficient (Wildman–Crippen LogP) is 2.27. The minimum absolute atomic E-state index is 0.187. The van der Waals surface area contributed by atoms with Crippen LogP contribution in [-0.2, 0) is 0 Å². The first-order chi connectivity index (χ1) is 6.52. The number of nitrogens with two attached hydrogens (primary N) is 1. The largest absolute Gasteiger partial charge is 0.324 e. The van der Waals surface area contributed by atoms with Crippen molar-refractivity contribution in [3.63, 3.8) is 0 Å². The van der Waals surface area contributed by atoms with E-state index >= 15 is 0 Å². The lowest BCUT2D eigenvalue weighted by atomic mass is 9.98. The molecule has 2 unspecified atom stereocenters. The van der Waals surface area contributed by atoms with Gasteiger partial charge in [-0.15, -0.1) is 0 Å². The zero-order chi connectivity index (χ0) is 10.3. The molecule has 0 bridgehead atoms. The Labute approximate surface area is 83.3 Å². The maximum absolute atomic E-state index is 13.3. The van der Waals surface area contributed by atoms with Gasteiger partial charge in [0.1, 0.15) is 5.82 Å². The van der Waals surface area contributed by atoms with Crippen molar-refractivity contribution in [1.82, 2.24) is 4.98 Å². The fourth-order valence-corrected chi connectivity index (χ4v) is 1.99. The average molecular weight is 194 g/mol. The Morgan fingerprint density at radius 3 is 2.79 bits per heavy atom. The Morgan fingerprint density at radius 1 is 1.64 bits per heavy atom. The summed E-state index contributed by atoms with van der Waals surface area (Å²) in [7, 11) is 0. The first-order valence-corrected chi connectivity index (χ1v) is 4.87. The first kappa shape index (κ1) is 9.59. The molecule has 3 heteroatoms. The lowest BCUT2D eigenvalue weighted by Gasteiger charge is -2.14.